The van der Waals surface area contributed by atoms with Crippen molar-refractivity contribution in [2.75, 3.05) is 31.9 Å². The van der Waals surface area contributed by atoms with Gasteiger partial charge in [-0.05, 0) is 31.2 Å². The third-order valence-corrected chi connectivity index (χ3v) is 5.90. The topological polar surface area (TPSA) is 49.4 Å². The van der Waals surface area contributed by atoms with Crippen molar-refractivity contribution in [1.82, 2.24) is 9.62 Å². The zero-order valence-electron chi connectivity index (χ0n) is 11.3. The first-order chi connectivity index (χ1) is 7.99. The van der Waals surface area contributed by atoms with E-state index in [4.69, 9.17) is 0 Å². The Morgan fingerprint density at radius 2 is 1.88 bits per heavy atom. The molecule has 1 N–H and O–H groups in total. The van der Waals surface area contributed by atoms with Crippen LogP contribution >= 0.6 is 0 Å². The van der Waals surface area contributed by atoms with Gasteiger partial charge in [-0.25, -0.2) is 12.7 Å². The second kappa shape index (κ2) is 6.16. The fourth-order valence-electron chi connectivity index (χ4n) is 2.47. The predicted octanol–water partition coefficient (Wildman–Crippen LogP) is 1.44. The van der Waals surface area contributed by atoms with Gasteiger partial charge in [-0.2, -0.15) is 0 Å². The molecule has 0 aromatic carbocycles. The monoisotopic (exact) mass is 262 g/mol. The number of nitrogens with one attached hydrogen (secondary N) is 1. The average molecular weight is 262 g/mol. The van der Waals surface area contributed by atoms with Crippen LogP contribution in [0.2, 0.25) is 0 Å². The SMILES string of the molecule is CCNCCS(=O)(=O)N1CCC(CC)(CC)C1. The Morgan fingerprint density at radius 3 is 2.35 bits per heavy atom. The highest BCUT2D eigenvalue weighted by molar-refractivity contribution is 7.89. The van der Waals surface area contributed by atoms with Crippen LogP contribution in [0.5, 0.6) is 0 Å². The maximum atomic E-state index is 12.1. The Bertz CT molecular complexity index is 323. The molecule has 1 aliphatic rings. The van der Waals surface area contributed by atoms with E-state index in [9.17, 15) is 8.42 Å². The minimum absolute atomic E-state index is 0.227. The van der Waals surface area contributed by atoms with Crippen molar-refractivity contribution in [3.8, 4) is 0 Å². The number of hydrogen-bond acceptors (Lipinski definition) is 3. The zero-order valence-corrected chi connectivity index (χ0v) is 12.1. The number of rotatable bonds is 7. The van der Waals surface area contributed by atoms with Gasteiger partial charge in [0.25, 0.3) is 0 Å². The van der Waals surface area contributed by atoms with Crippen LogP contribution in [0.1, 0.15) is 40.0 Å². The van der Waals surface area contributed by atoms with Crippen LogP contribution in [-0.4, -0.2) is 44.7 Å². The second-order valence-corrected chi connectivity index (χ2v) is 7.05. The summed E-state index contributed by atoms with van der Waals surface area (Å²) in [6.45, 7) is 9.12. The van der Waals surface area contributed by atoms with Crippen LogP contribution < -0.4 is 5.32 Å². The molecule has 0 amide bonds. The van der Waals surface area contributed by atoms with Gasteiger partial charge in [0.05, 0.1) is 5.75 Å². The summed E-state index contributed by atoms with van der Waals surface area (Å²) in [5, 5.41) is 3.07. The quantitative estimate of drug-likeness (QED) is 0.706. The third-order valence-electron chi connectivity index (χ3n) is 4.08. The number of nitrogens with zero attached hydrogens (tertiary/aromatic N) is 1. The lowest BCUT2D eigenvalue weighted by Crippen LogP contribution is -2.36. The summed E-state index contributed by atoms with van der Waals surface area (Å²) < 4.78 is 25.9. The van der Waals surface area contributed by atoms with Crippen LogP contribution in [0.25, 0.3) is 0 Å². The molecule has 1 rings (SSSR count). The molecule has 1 aliphatic heterocycles. The molecule has 0 spiro atoms. The van der Waals surface area contributed by atoms with E-state index in [2.05, 4.69) is 19.2 Å². The van der Waals surface area contributed by atoms with Crippen molar-refractivity contribution in [2.45, 2.75) is 40.0 Å². The van der Waals surface area contributed by atoms with E-state index in [1.165, 1.54) is 0 Å². The lowest BCUT2D eigenvalue weighted by molar-refractivity contribution is 0.279. The summed E-state index contributed by atoms with van der Waals surface area (Å²) in [7, 11) is -3.05. The third kappa shape index (κ3) is 3.66. The van der Waals surface area contributed by atoms with Crippen molar-refractivity contribution in [2.24, 2.45) is 5.41 Å². The zero-order chi connectivity index (χ0) is 12.9. The Labute approximate surface area is 106 Å². The standard InChI is InChI=1S/C12H26N2O2S/c1-4-12(5-2)7-9-14(11-12)17(15,16)10-8-13-6-3/h13H,4-11H2,1-3H3. The van der Waals surface area contributed by atoms with Crippen molar-refractivity contribution >= 4 is 10.0 Å². The Balaban J connectivity index is 2.57. The maximum absolute atomic E-state index is 12.1. The Morgan fingerprint density at radius 1 is 1.24 bits per heavy atom. The summed E-state index contributed by atoms with van der Waals surface area (Å²) in [6, 6.07) is 0. The number of hydrogen-bond donors (Lipinski definition) is 1. The molecule has 0 bridgehead atoms. The lowest BCUT2D eigenvalue weighted by Gasteiger charge is -2.26. The van der Waals surface area contributed by atoms with E-state index in [-0.39, 0.29) is 11.2 Å². The van der Waals surface area contributed by atoms with Crippen LogP contribution in [0.15, 0.2) is 0 Å². The van der Waals surface area contributed by atoms with Gasteiger partial charge < -0.3 is 5.32 Å². The van der Waals surface area contributed by atoms with Crippen molar-refractivity contribution in [1.29, 1.82) is 0 Å². The summed E-state index contributed by atoms with van der Waals surface area (Å²) in [5.74, 6) is 0.227. The molecule has 102 valence electrons. The fourth-order valence-corrected chi connectivity index (χ4v) is 3.97. The first kappa shape index (κ1) is 14.9. The highest BCUT2D eigenvalue weighted by Crippen LogP contribution is 2.38. The highest BCUT2D eigenvalue weighted by atomic mass is 32.2. The van der Waals surface area contributed by atoms with Gasteiger partial charge in [0, 0.05) is 19.6 Å². The Kier molecular flexibility index (Phi) is 5.41. The molecule has 17 heavy (non-hydrogen) atoms. The van der Waals surface area contributed by atoms with Crippen LogP contribution in [-0.2, 0) is 10.0 Å². The minimum atomic E-state index is -3.05. The van der Waals surface area contributed by atoms with Gasteiger partial charge in [0.1, 0.15) is 0 Å². The van der Waals surface area contributed by atoms with Crippen molar-refractivity contribution in [3.63, 3.8) is 0 Å². The molecule has 1 heterocycles. The average Bonchev–Trinajstić information content (AvgIpc) is 2.75. The summed E-state index contributed by atoms with van der Waals surface area (Å²) in [6.07, 6.45) is 3.16. The van der Waals surface area contributed by atoms with E-state index < -0.39 is 10.0 Å². The highest BCUT2D eigenvalue weighted by Gasteiger charge is 2.39. The minimum Gasteiger partial charge on any atom is -0.316 e. The maximum Gasteiger partial charge on any atom is 0.215 e. The second-order valence-electron chi connectivity index (χ2n) is 4.96. The normalized spacial score (nSPS) is 20.9. The van der Waals surface area contributed by atoms with Gasteiger partial charge in [-0.1, -0.05) is 20.8 Å². The summed E-state index contributed by atoms with van der Waals surface area (Å²) >= 11 is 0. The molecule has 4 nitrogen and oxygen atoms in total. The molecular formula is C12H26N2O2S. The van der Waals surface area contributed by atoms with Gasteiger partial charge in [0.2, 0.25) is 10.0 Å². The van der Waals surface area contributed by atoms with E-state index in [1.807, 2.05) is 6.92 Å². The van der Waals surface area contributed by atoms with E-state index >= 15 is 0 Å². The molecule has 1 fully saturated rings. The molecular weight excluding hydrogens is 236 g/mol. The van der Waals surface area contributed by atoms with Crippen LogP contribution in [0.4, 0.5) is 0 Å². The van der Waals surface area contributed by atoms with Gasteiger partial charge >= 0.3 is 0 Å². The lowest BCUT2D eigenvalue weighted by atomic mass is 9.82. The predicted molar refractivity (Wildman–Crippen MR) is 71.5 cm³/mol. The smallest absolute Gasteiger partial charge is 0.215 e. The van der Waals surface area contributed by atoms with Crippen molar-refractivity contribution in [3.05, 3.63) is 0 Å². The van der Waals surface area contributed by atoms with Gasteiger partial charge in [0.15, 0.2) is 0 Å². The molecule has 0 aliphatic carbocycles. The first-order valence-electron chi connectivity index (χ1n) is 6.68. The molecule has 0 atom stereocenters. The molecule has 1 saturated heterocycles. The molecule has 0 unspecified atom stereocenters. The Hall–Kier alpha value is -0.130. The molecule has 0 radical (unpaired) electrons. The van der Waals surface area contributed by atoms with Gasteiger partial charge in [-0.15, -0.1) is 0 Å². The summed E-state index contributed by atoms with van der Waals surface area (Å²) in [5.41, 5.74) is 0.227. The number of sulfonamides is 1. The van der Waals surface area contributed by atoms with Crippen molar-refractivity contribution < 1.29 is 8.42 Å². The molecule has 0 aromatic rings. The molecule has 5 heteroatoms. The van der Waals surface area contributed by atoms with Gasteiger partial charge in [-0.3, -0.25) is 0 Å². The van der Waals surface area contributed by atoms with E-state index in [0.717, 1.165) is 25.8 Å². The van der Waals surface area contributed by atoms with E-state index in [0.29, 0.717) is 19.6 Å². The first-order valence-corrected chi connectivity index (χ1v) is 8.29. The van der Waals surface area contributed by atoms with Crippen LogP contribution in [0.3, 0.4) is 0 Å². The molecule has 0 saturated carbocycles. The largest absolute Gasteiger partial charge is 0.316 e. The summed E-state index contributed by atoms with van der Waals surface area (Å²) in [4.78, 5) is 0. The van der Waals surface area contributed by atoms with Crippen LogP contribution in [0, 0.1) is 5.41 Å². The van der Waals surface area contributed by atoms with E-state index in [1.54, 1.807) is 4.31 Å². The molecule has 0 aromatic heterocycles. The fraction of sp³-hybridized carbons (Fsp3) is 1.00.